The van der Waals surface area contributed by atoms with Crippen molar-refractivity contribution in [1.82, 2.24) is 4.90 Å². The van der Waals surface area contributed by atoms with E-state index in [0.717, 1.165) is 42.8 Å². The van der Waals surface area contributed by atoms with Crippen molar-refractivity contribution in [2.24, 2.45) is 0 Å². The van der Waals surface area contributed by atoms with E-state index >= 15 is 0 Å². The molecule has 1 N–H and O–H groups in total. The molecule has 0 radical (unpaired) electrons. The molecule has 0 amide bonds. The molecule has 3 rings (SSSR count). The zero-order chi connectivity index (χ0) is 15.6. The Morgan fingerprint density at radius 2 is 1.95 bits per heavy atom. The molecule has 1 heterocycles. The van der Waals surface area contributed by atoms with Gasteiger partial charge in [0.25, 0.3) is 0 Å². The predicted molar refractivity (Wildman–Crippen MR) is 93.4 cm³/mol. The Hall–Kier alpha value is -1.16. The summed E-state index contributed by atoms with van der Waals surface area (Å²) in [7, 11) is 0. The predicted octanol–water partition coefficient (Wildman–Crippen LogP) is 4.03. The Morgan fingerprint density at radius 3 is 2.64 bits per heavy atom. The summed E-state index contributed by atoms with van der Waals surface area (Å²) in [5, 5.41) is 13.7. The first-order chi connectivity index (χ1) is 10.7. The highest BCUT2D eigenvalue weighted by Crippen LogP contribution is 2.42. The molecule has 0 aliphatic heterocycles. The van der Waals surface area contributed by atoms with Crippen molar-refractivity contribution < 1.29 is 5.11 Å². The topological polar surface area (TPSA) is 23.5 Å². The van der Waals surface area contributed by atoms with Gasteiger partial charge < -0.3 is 10.0 Å². The molecule has 0 spiro atoms. The third kappa shape index (κ3) is 2.73. The van der Waals surface area contributed by atoms with Gasteiger partial charge in [-0.05, 0) is 48.5 Å². The second-order valence-electron chi connectivity index (χ2n) is 6.11. The molecule has 1 aromatic carbocycles. The number of hydrogen-bond acceptors (Lipinski definition) is 3. The van der Waals surface area contributed by atoms with Gasteiger partial charge in [0.05, 0.1) is 0 Å². The average Bonchev–Trinajstić information content (AvgIpc) is 3.04. The second-order valence-corrected chi connectivity index (χ2v) is 7.06. The van der Waals surface area contributed by atoms with Crippen molar-refractivity contribution in [1.29, 1.82) is 0 Å². The molecular weight excluding hydrogens is 290 g/mol. The van der Waals surface area contributed by atoms with Crippen molar-refractivity contribution in [3.8, 4) is 0 Å². The monoisotopic (exact) mass is 315 g/mol. The molecule has 0 bridgehead atoms. The lowest BCUT2D eigenvalue weighted by atomic mass is 9.85. The van der Waals surface area contributed by atoms with Crippen LogP contribution in [0.2, 0.25) is 0 Å². The maximum Gasteiger partial charge on any atom is 0.125 e. The van der Waals surface area contributed by atoms with E-state index in [-0.39, 0.29) is 0 Å². The fourth-order valence-corrected chi connectivity index (χ4v) is 4.66. The van der Waals surface area contributed by atoms with E-state index in [1.807, 2.05) is 6.07 Å². The molecule has 1 aliphatic rings. The molecule has 22 heavy (non-hydrogen) atoms. The number of thiophene rings is 1. The standard InChI is InChI=1S/C19H25NOS/c1-3-20(4-2)16-12-11-15-8-5-6-9-17(15)19(21,14-16)18-10-7-13-22-18/h5-10,13,16,21H,3-4,11-12,14H2,1-2H3/t16-,19+/m1/s1. The summed E-state index contributed by atoms with van der Waals surface area (Å²) in [4.78, 5) is 3.56. The van der Waals surface area contributed by atoms with Crippen molar-refractivity contribution in [2.75, 3.05) is 13.1 Å². The van der Waals surface area contributed by atoms with Crippen molar-refractivity contribution in [2.45, 2.75) is 44.8 Å². The van der Waals surface area contributed by atoms with Gasteiger partial charge in [0.2, 0.25) is 0 Å². The smallest absolute Gasteiger partial charge is 0.125 e. The molecule has 0 saturated carbocycles. The van der Waals surface area contributed by atoms with Gasteiger partial charge in [-0.1, -0.05) is 44.2 Å². The molecule has 1 aliphatic carbocycles. The maximum absolute atomic E-state index is 11.7. The first-order valence-electron chi connectivity index (χ1n) is 8.27. The van der Waals surface area contributed by atoms with Crippen molar-refractivity contribution in [3.05, 3.63) is 57.8 Å². The maximum atomic E-state index is 11.7. The van der Waals surface area contributed by atoms with E-state index in [4.69, 9.17) is 0 Å². The largest absolute Gasteiger partial charge is 0.379 e. The molecular formula is C19H25NOS. The fraction of sp³-hybridized carbons (Fsp3) is 0.474. The van der Waals surface area contributed by atoms with E-state index in [1.54, 1.807) is 11.3 Å². The quantitative estimate of drug-likeness (QED) is 0.861. The molecule has 1 aromatic heterocycles. The SMILES string of the molecule is CCN(CC)[C@@H]1CCc2ccccc2[C@](O)(c2cccs2)C1. The summed E-state index contributed by atoms with van der Waals surface area (Å²) in [5.74, 6) is 0. The lowest BCUT2D eigenvalue weighted by Crippen LogP contribution is -2.40. The number of hydrogen-bond donors (Lipinski definition) is 1. The zero-order valence-electron chi connectivity index (χ0n) is 13.5. The third-order valence-corrected chi connectivity index (χ3v) is 6.02. The van der Waals surface area contributed by atoms with E-state index in [9.17, 15) is 5.11 Å². The highest BCUT2D eigenvalue weighted by molar-refractivity contribution is 7.10. The van der Waals surface area contributed by atoms with Gasteiger partial charge in [-0.25, -0.2) is 0 Å². The Bertz CT molecular complexity index is 606. The van der Waals surface area contributed by atoms with Gasteiger partial charge in [0, 0.05) is 17.3 Å². The van der Waals surface area contributed by atoms with Gasteiger partial charge in [-0.2, -0.15) is 0 Å². The van der Waals surface area contributed by atoms with Gasteiger partial charge in [0.1, 0.15) is 5.60 Å². The van der Waals surface area contributed by atoms with Crippen LogP contribution in [0, 0.1) is 0 Å². The van der Waals surface area contributed by atoms with E-state index in [0.29, 0.717) is 6.04 Å². The Balaban J connectivity index is 2.06. The van der Waals surface area contributed by atoms with Crippen molar-refractivity contribution in [3.63, 3.8) is 0 Å². The van der Waals surface area contributed by atoms with Crippen LogP contribution < -0.4 is 0 Å². The van der Waals surface area contributed by atoms with Gasteiger partial charge in [-0.15, -0.1) is 11.3 Å². The van der Waals surface area contributed by atoms with Gasteiger partial charge >= 0.3 is 0 Å². The highest BCUT2D eigenvalue weighted by Gasteiger charge is 2.40. The normalized spacial score (nSPS) is 25.0. The summed E-state index contributed by atoms with van der Waals surface area (Å²) in [6.07, 6.45) is 2.95. The minimum absolute atomic E-state index is 0.425. The Kier molecular flexibility index (Phi) is 4.67. The molecule has 0 fully saturated rings. The second kappa shape index (κ2) is 6.53. The number of fused-ring (bicyclic) bond motifs is 1. The van der Waals surface area contributed by atoms with Crippen LogP contribution in [0.4, 0.5) is 0 Å². The molecule has 2 atom stereocenters. The van der Waals surface area contributed by atoms with Crippen molar-refractivity contribution >= 4 is 11.3 Å². The van der Waals surface area contributed by atoms with Gasteiger partial charge in [0.15, 0.2) is 0 Å². The van der Waals surface area contributed by atoms with Crippen LogP contribution in [-0.4, -0.2) is 29.1 Å². The van der Waals surface area contributed by atoms with E-state index in [1.165, 1.54) is 5.56 Å². The summed E-state index contributed by atoms with van der Waals surface area (Å²) in [6.45, 7) is 6.51. The van der Waals surface area contributed by atoms with Crippen LogP contribution in [0.3, 0.4) is 0 Å². The van der Waals surface area contributed by atoms with Crippen LogP contribution in [0.15, 0.2) is 41.8 Å². The summed E-state index contributed by atoms with van der Waals surface area (Å²) >= 11 is 1.66. The van der Waals surface area contributed by atoms with Crippen LogP contribution in [-0.2, 0) is 12.0 Å². The number of nitrogens with zero attached hydrogens (tertiary/aromatic N) is 1. The minimum atomic E-state index is -0.853. The van der Waals surface area contributed by atoms with Crippen LogP contribution in [0.1, 0.15) is 42.7 Å². The Labute approximate surface area is 137 Å². The highest BCUT2D eigenvalue weighted by atomic mass is 32.1. The summed E-state index contributed by atoms with van der Waals surface area (Å²) in [5.41, 5.74) is 1.55. The molecule has 118 valence electrons. The van der Waals surface area contributed by atoms with Crippen LogP contribution in [0.25, 0.3) is 0 Å². The van der Waals surface area contributed by atoms with E-state index in [2.05, 4.69) is 54.5 Å². The average molecular weight is 315 g/mol. The third-order valence-electron chi connectivity index (χ3n) is 5.00. The first kappa shape index (κ1) is 15.7. The number of aryl methyl sites for hydroxylation is 1. The number of benzene rings is 1. The molecule has 0 unspecified atom stereocenters. The number of rotatable bonds is 4. The van der Waals surface area contributed by atoms with Gasteiger partial charge in [-0.3, -0.25) is 0 Å². The molecule has 2 nitrogen and oxygen atoms in total. The van der Waals surface area contributed by atoms with Crippen LogP contribution in [0.5, 0.6) is 0 Å². The summed E-state index contributed by atoms with van der Waals surface area (Å²) < 4.78 is 0. The molecule has 2 aromatic rings. The lowest BCUT2D eigenvalue weighted by Gasteiger charge is -2.35. The minimum Gasteiger partial charge on any atom is -0.379 e. The molecule has 3 heteroatoms. The molecule has 0 saturated heterocycles. The zero-order valence-corrected chi connectivity index (χ0v) is 14.3. The lowest BCUT2D eigenvalue weighted by molar-refractivity contribution is 0.0399. The fourth-order valence-electron chi connectivity index (χ4n) is 3.82. The van der Waals surface area contributed by atoms with Crippen LogP contribution >= 0.6 is 11.3 Å². The first-order valence-corrected chi connectivity index (χ1v) is 9.15. The van der Waals surface area contributed by atoms with E-state index < -0.39 is 5.60 Å². The Morgan fingerprint density at radius 1 is 1.18 bits per heavy atom. The summed E-state index contributed by atoms with van der Waals surface area (Å²) in [6, 6.07) is 13.0. The number of aliphatic hydroxyl groups is 1.